The predicted octanol–water partition coefficient (Wildman–Crippen LogP) is 2.73. The van der Waals surface area contributed by atoms with Crippen molar-refractivity contribution < 1.29 is 14.4 Å². The molecule has 0 aliphatic heterocycles. The Morgan fingerprint density at radius 1 is 1.08 bits per heavy atom. The minimum Gasteiger partial charge on any atom is -0.332 e. The van der Waals surface area contributed by atoms with Crippen LogP contribution >= 0.6 is 11.3 Å². The summed E-state index contributed by atoms with van der Waals surface area (Å²) < 4.78 is 0. The number of anilines is 2. The highest BCUT2D eigenvalue weighted by Gasteiger charge is 2.16. The fourth-order valence-corrected chi connectivity index (χ4v) is 2.97. The molecule has 0 fully saturated rings. The molecule has 1 aromatic carbocycles. The molecule has 126 valence electrons. The lowest BCUT2D eigenvalue weighted by Crippen LogP contribution is -2.34. The third-order valence-electron chi connectivity index (χ3n) is 3.15. The molecule has 0 bridgehead atoms. The van der Waals surface area contributed by atoms with Gasteiger partial charge in [-0.05, 0) is 37.3 Å². The summed E-state index contributed by atoms with van der Waals surface area (Å²) in [5, 5.41) is 5.37. The van der Waals surface area contributed by atoms with Crippen molar-refractivity contribution in [2.45, 2.75) is 13.8 Å². The van der Waals surface area contributed by atoms with Gasteiger partial charge in [-0.3, -0.25) is 14.4 Å². The van der Waals surface area contributed by atoms with E-state index in [1.165, 1.54) is 23.2 Å². The third-order valence-corrected chi connectivity index (χ3v) is 4.13. The standard InChI is InChI=1S/C17H19N3O3S/c1-11-7-8-15(24-11)17(23)20(3)10-16(22)19-14-6-4-5-13(9-14)18-12(2)21/h4-9H,10H2,1-3H3,(H,18,21)(H,19,22). The molecule has 0 atom stereocenters. The second-order valence-electron chi connectivity index (χ2n) is 5.38. The number of nitrogens with one attached hydrogen (secondary N) is 2. The third kappa shape index (κ3) is 4.92. The molecule has 0 spiro atoms. The highest BCUT2D eigenvalue weighted by Crippen LogP contribution is 2.17. The average molecular weight is 345 g/mol. The van der Waals surface area contributed by atoms with E-state index in [-0.39, 0.29) is 24.3 Å². The molecule has 0 aliphatic carbocycles. The molecule has 0 saturated carbocycles. The normalized spacial score (nSPS) is 10.1. The van der Waals surface area contributed by atoms with E-state index in [9.17, 15) is 14.4 Å². The van der Waals surface area contributed by atoms with Crippen molar-refractivity contribution in [2.75, 3.05) is 24.2 Å². The molecule has 0 radical (unpaired) electrons. The summed E-state index contributed by atoms with van der Waals surface area (Å²) in [7, 11) is 1.59. The van der Waals surface area contributed by atoms with E-state index in [2.05, 4.69) is 10.6 Å². The second kappa shape index (κ2) is 7.74. The number of nitrogens with zero attached hydrogens (tertiary/aromatic N) is 1. The number of benzene rings is 1. The van der Waals surface area contributed by atoms with Crippen LogP contribution in [0, 0.1) is 6.92 Å². The van der Waals surface area contributed by atoms with E-state index in [1.807, 2.05) is 13.0 Å². The van der Waals surface area contributed by atoms with Crippen LogP contribution < -0.4 is 10.6 Å². The largest absolute Gasteiger partial charge is 0.332 e. The molecule has 24 heavy (non-hydrogen) atoms. The minimum absolute atomic E-state index is 0.0554. The van der Waals surface area contributed by atoms with Gasteiger partial charge < -0.3 is 15.5 Å². The van der Waals surface area contributed by atoms with Crippen LogP contribution in [0.2, 0.25) is 0 Å². The molecule has 1 aromatic heterocycles. The molecule has 1 heterocycles. The molecule has 7 heteroatoms. The Morgan fingerprint density at radius 2 is 1.75 bits per heavy atom. The zero-order chi connectivity index (χ0) is 17.7. The van der Waals surface area contributed by atoms with Gasteiger partial charge in [0.1, 0.15) is 0 Å². The summed E-state index contributed by atoms with van der Waals surface area (Å²) in [5.41, 5.74) is 1.15. The van der Waals surface area contributed by atoms with E-state index < -0.39 is 0 Å². The van der Waals surface area contributed by atoms with E-state index in [4.69, 9.17) is 0 Å². The Morgan fingerprint density at radius 3 is 2.33 bits per heavy atom. The Balaban J connectivity index is 1.95. The van der Waals surface area contributed by atoms with E-state index >= 15 is 0 Å². The van der Waals surface area contributed by atoms with Crippen LogP contribution in [0.3, 0.4) is 0 Å². The Labute approximate surface area is 144 Å². The first-order valence-electron chi connectivity index (χ1n) is 7.34. The van der Waals surface area contributed by atoms with Crippen molar-refractivity contribution in [3.8, 4) is 0 Å². The van der Waals surface area contributed by atoms with Crippen molar-refractivity contribution in [1.82, 2.24) is 4.90 Å². The summed E-state index contributed by atoms with van der Waals surface area (Å²) in [6.45, 7) is 3.29. The van der Waals surface area contributed by atoms with Gasteiger partial charge in [0.25, 0.3) is 5.91 Å². The van der Waals surface area contributed by atoms with Gasteiger partial charge in [0, 0.05) is 30.2 Å². The zero-order valence-electron chi connectivity index (χ0n) is 13.8. The van der Waals surface area contributed by atoms with Crippen molar-refractivity contribution in [3.05, 3.63) is 46.2 Å². The lowest BCUT2D eigenvalue weighted by Gasteiger charge is -2.16. The quantitative estimate of drug-likeness (QED) is 0.874. The van der Waals surface area contributed by atoms with Crippen molar-refractivity contribution in [1.29, 1.82) is 0 Å². The maximum atomic E-state index is 12.2. The first-order chi connectivity index (χ1) is 11.3. The van der Waals surface area contributed by atoms with Gasteiger partial charge >= 0.3 is 0 Å². The maximum Gasteiger partial charge on any atom is 0.264 e. The highest BCUT2D eigenvalue weighted by molar-refractivity contribution is 7.13. The maximum absolute atomic E-state index is 12.2. The summed E-state index contributed by atoms with van der Waals surface area (Å²) in [6.07, 6.45) is 0. The van der Waals surface area contributed by atoms with Gasteiger partial charge in [-0.1, -0.05) is 6.07 Å². The molecular formula is C17H19N3O3S. The smallest absolute Gasteiger partial charge is 0.264 e. The molecule has 0 saturated heterocycles. The summed E-state index contributed by atoms with van der Waals surface area (Å²) in [4.78, 5) is 38.4. The number of hydrogen-bond acceptors (Lipinski definition) is 4. The van der Waals surface area contributed by atoms with E-state index in [1.54, 1.807) is 37.4 Å². The fourth-order valence-electron chi connectivity index (χ4n) is 2.10. The first-order valence-corrected chi connectivity index (χ1v) is 8.16. The molecule has 2 aromatic rings. The van der Waals surface area contributed by atoms with Crippen molar-refractivity contribution in [3.63, 3.8) is 0 Å². The van der Waals surface area contributed by atoms with Crippen LogP contribution in [0.5, 0.6) is 0 Å². The van der Waals surface area contributed by atoms with Gasteiger partial charge in [0.15, 0.2) is 0 Å². The summed E-state index contributed by atoms with van der Waals surface area (Å²) >= 11 is 1.40. The number of carbonyl (C=O) groups excluding carboxylic acids is 3. The Kier molecular flexibility index (Phi) is 5.70. The number of thiophene rings is 1. The monoisotopic (exact) mass is 345 g/mol. The number of hydrogen-bond donors (Lipinski definition) is 2. The number of aryl methyl sites for hydroxylation is 1. The fraction of sp³-hybridized carbons (Fsp3) is 0.235. The van der Waals surface area contributed by atoms with Crippen LogP contribution in [0.25, 0.3) is 0 Å². The average Bonchev–Trinajstić information content (AvgIpc) is 2.92. The van der Waals surface area contributed by atoms with Gasteiger partial charge in [0.05, 0.1) is 11.4 Å². The lowest BCUT2D eigenvalue weighted by atomic mass is 10.2. The zero-order valence-corrected chi connectivity index (χ0v) is 14.6. The van der Waals surface area contributed by atoms with E-state index in [0.717, 1.165) is 4.88 Å². The number of likely N-dealkylation sites (N-methyl/N-ethyl adjacent to an activating group) is 1. The lowest BCUT2D eigenvalue weighted by molar-refractivity contribution is -0.116. The van der Waals surface area contributed by atoms with Crippen LogP contribution in [0.1, 0.15) is 21.5 Å². The molecule has 6 nitrogen and oxygen atoms in total. The molecule has 3 amide bonds. The highest BCUT2D eigenvalue weighted by atomic mass is 32.1. The van der Waals surface area contributed by atoms with Crippen LogP contribution in [0.4, 0.5) is 11.4 Å². The number of rotatable bonds is 5. The molecular weight excluding hydrogens is 326 g/mol. The van der Waals surface area contributed by atoms with Gasteiger partial charge in [-0.25, -0.2) is 0 Å². The van der Waals surface area contributed by atoms with Crippen LogP contribution in [0.15, 0.2) is 36.4 Å². The Bertz CT molecular complexity index is 770. The summed E-state index contributed by atoms with van der Waals surface area (Å²) in [6, 6.07) is 10.5. The molecule has 2 N–H and O–H groups in total. The van der Waals surface area contributed by atoms with Crippen molar-refractivity contribution in [2.24, 2.45) is 0 Å². The van der Waals surface area contributed by atoms with Gasteiger partial charge in [0.2, 0.25) is 11.8 Å². The van der Waals surface area contributed by atoms with Crippen molar-refractivity contribution >= 4 is 40.4 Å². The second-order valence-corrected chi connectivity index (χ2v) is 6.67. The summed E-state index contributed by atoms with van der Waals surface area (Å²) in [5.74, 6) is -0.676. The number of carbonyl (C=O) groups is 3. The van der Waals surface area contributed by atoms with Crippen LogP contribution in [-0.4, -0.2) is 36.2 Å². The van der Waals surface area contributed by atoms with Crippen LogP contribution in [-0.2, 0) is 9.59 Å². The van der Waals surface area contributed by atoms with Gasteiger partial charge in [-0.15, -0.1) is 11.3 Å². The molecule has 2 rings (SSSR count). The first kappa shape index (κ1) is 17.7. The topological polar surface area (TPSA) is 78.5 Å². The molecule has 0 unspecified atom stereocenters. The minimum atomic E-state index is -0.306. The number of amides is 3. The SMILES string of the molecule is CC(=O)Nc1cccc(NC(=O)CN(C)C(=O)c2ccc(C)s2)c1. The van der Waals surface area contributed by atoms with Gasteiger partial charge in [-0.2, -0.15) is 0 Å². The van der Waals surface area contributed by atoms with E-state index in [0.29, 0.717) is 16.3 Å². The molecule has 0 aliphatic rings. The Hall–Kier alpha value is -2.67. The predicted molar refractivity (Wildman–Crippen MR) is 95.4 cm³/mol.